The molecule has 3 N–H and O–H groups in total. The van der Waals surface area contributed by atoms with Crippen LogP contribution in [0, 0.1) is 11.3 Å². The zero-order chi connectivity index (χ0) is 17.4. The Kier molecular flexibility index (Phi) is 6.97. The van der Waals surface area contributed by atoms with Gasteiger partial charge < -0.3 is 16.0 Å². The molecule has 0 heterocycles. The van der Waals surface area contributed by atoms with Crippen LogP contribution >= 0.6 is 0 Å². The highest BCUT2D eigenvalue weighted by atomic mass is 16.2. The molecule has 0 aliphatic carbocycles. The van der Waals surface area contributed by atoms with Gasteiger partial charge >= 0.3 is 0 Å². The molecule has 23 heavy (non-hydrogen) atoms. The second-order valence-electron chi connectivity index (χ2n) is 5.35. The van der Waals surface area contributed by atoms with Gasteiger partial charge in [-0.25, -0.2) is 0 Å². The van der Waals surface area contributed by atoms with E-state index in [1.165, 1.54) is 18.0 Å². The van der Waals surface area contributed by atoms with Crippen molar-refractivity contribution in [2.24, 2.45) is 5.73 Å². The molecule has 0 aromatic heterocycles. The van der Waals surface area contributed by atoms with Crippen LogP contribution in [0.25, 0.3) is 0 Å². The smallest absolute Gasteiger partial charge is 0.267 e. The third kappa shape index (κ3) is 5.24. The van der Waals surface area contributed by atoms with E-state index in [0.29, 0.717) is 5.69 Å². The van der Waals surface area contributed by atoms with Crippen molar-refractivity contribution in [2.75, 3.05) is 18.4 Å². The van der Waals surface area contributed by atoms with E-state index in [9.17, 15) is 14.9 Å². The average molecular weight is 314 g/mol. The summed E-state index contributed by atoms with van der Waals surface area (Å²) < 4.78 is 0. The van der Waals surface area contributed by atoms with Crippen LogP contribution in [0.4, 0.5) is 5.69 Å². The van der Waals surface area contributed by atoms with E-state index < -0.39 is 5.91 Å². The topological polar surface area (TPSA) is 99.2 Å². The summed E-state index contributed by atoms with van der Waals surface area (Å²) >= 11 is 0. The number of anilines is 1. The van der Waals surface area contributed by atoms with Crippen molar-refractivity contribution >= 4 is 17.5 Å². The number of benzene rings is 1. The molecule has 6 heteroatoms. The van der Waals surface area contributed by atoms with E-state index in [1.54, 1.807) is 6.07 Å². The number of hydrogen-bond donors (Lipinski definition) is 2. The van der Waals surface area contributed by atoms with E-state index >= 15 is 0 Å². The van der Waals surface area contributed by atoms with Gasteiger partial charge in [-0.1, -0.05) is 32.0 Å². The average Bonchev–Trinajstić information content (AvgIpc) is 2.51. The van der Waals surface area contributed by atoms with Gasteiger partial charge in [-0.05, 0) is 17.5 Å². The minimum atomic E-state index is -0.552. The maximum absolute atomic E-state index is 12.3. The molecule has 2 amide bonds. The fourth-order valence-electron chi connectivity index (χ4n) is 2.05. The summed E-state index contributed by atoms with van der Waals surface area (Å²) in [7, 11) is 0. The van der Waals surface area contributed by atoms with Crippen LogP contribution in [0.15, 0.2) is 36.0 Å². The summed E-state index contributed by atoms with van der Waals surface area (Å²) in [6, 6.07) is 9.24. The second kappa shape index (κ2) is 8.71. The molecule has 6 nitrogen and oxygen atoms in total. The highest BCUT2D eigenvalue weighted by Gasteiger charge is 2.15. The number of nitrogens with one attached hydrogen (secondary N) is 1. The number of hydrogen-bond acceptors (Lipinski definition) is 4. The zero-order valence-electron chi connectivity index (χ0n) is 13.7. The minimum absolute atomic E-state index is 0.146. The molecule has 1 aromatic rings. The van der Waals surface area contributed by atoms with E-state index in [-0.39, 0.29) is 30.5 Å². The van der Waals surface area contributed by atoms with Gasteiger partial charge in [0.25, 0.3) is 5.91 Å². The van der Waals surface area contributed by atoms with Crippen LogP contribution in [-0.4, -0.2) is 29.8 Å². The van der Waals surface area contributed by atoms with Gasteiger partial charge in [0.1, 0.15) is 11.6 Å². The van der Waals surface area contributed by atoms with E-state index in [4.69, 9.17) is 5.73 Å². The first-order chi connectivity index (χ1) is 10.9. The van der Waals surface area contributed by atoms with E-state index in [0.717, 1.165) is 5.56 Å². The lowest BCUT2D eigenvalue weighted by molar-refractivity contribution is -0.126. The van der Waals surface area contributed by atoms with Crippen molar-refractivity contribution in [1.29, 1.82) is 5.26 Å². The number of nitrogens with two attached hydrogens (primary N) is 1. The van der Waals surface area contributed by atoms with Crippen LogP contribution in [0.1, 0.15) is 32.3 Å². The lowest BCUT2D eigenvalue weighted by Gasteiger charge is -2.16. The monoisotopic (exact) mass is 314 g/mol. The molecular weight excluding hydrogens is 292 g/mol. The lowest BCUT2D eigenvalue weighted by Crippen LogP contribution is -2.30. The van der Waals surface area contributed by atoms with Crippen LogP contribution < -0.4 is 11.1 Å². The summed E-state index contributed by atoms with van der Waals surface area (Å²) in [6.07, 6.45) is 1.24. The van der Waals surface area contributed by atoms with Crippen molar-refractivity contribution in [3.8, 4) is 6.07 Å². The first-order valence-electron chi connectivity index (χ1n) is 7.40. The Morgan fingerprint density at radius 1 is 1.39 bits per heavy atom. The fraction of sp³-hybridized carbons (Fsp3) is 0.353. The van der Waals surface area contributed by atoms with Crippen molar-refractivity contribution in [3.05, 3.63) is 41.6 Å². The number of amides is 2. The van der Waals surface area contributed by atoms with E-state index in [2.05, 4.69) is 5.32 Å². The maximum atomic E-state index is 12.3. The first kappa shape index (κ1) is 18.4. The molecule has 0 aliphatic heterocycles. The van der Waals surface area contributed by atoms with Gasteiger partial charge in [0.2, 0.25) is 5.91 Å². The van der Waals surface area contributed by atoms with E-state index in [1.807, 2.05) is 38.1 Å². The largest absolute Gasteiger partial charge is 0.329 e. The SMILES string of the molecule is CC(=O)N(/C=C(/C#N)C(=O)Nc1ccccc1C(C)C)CCN. The number of rotatable bonds is 6. The Bertz CT molecular complexity index is 644. The maximum Gasteiger partial charge on any atom is 0.267 e. The van der Waals surface area contributed by atoms with Crippen LogP contribution in [0.3, 0.4) is 0 Å². The van der Waals surface area contributed by atoms with Gasteiger partial charge in [0.15, 0.2) is 0 Å². The van der Waals surface area contributed by atoms with Crippen LogP contribution in [0.5, 0.6) is 0 Å². The molecular formula is C17H22N4O2. The predicted molar refractivity (Wildman–Crippen MR) is 89.3 cm³/mol. The number of carbonyl (C=O) groups excluding carboxylic acids is 2. The highest BCUT2D eigenvalue weighted by Crippen LogP contribution is 2.24. The molecule has 0 saturated carbocycles. The van der Waals surface area contributed by atoms with Gasteiger partial charge in [0.05, 0.1) is 0 Å². The van der Waals surface area contributed by atoms with Crippen molar-refractivity contribution in [3.63, 3.8) is 0 Å². The Labute approximate surface area is 136 Å². The van der Waals surface area contributed by atoms with Crippen molar-refractivity contribution < 1.29 is 9.59 Å². The minimum Gasteiger partial charge on any atom is -0.329 e. The molecule has 0 bridgehead atoms. The summed E-state index contributed by atoms with van der Waals surface area (Å²) in [5, 5.41) is 11.9. The Morgan fingerprint density at radius 2 is 2.04 bits per heavy atom. The summed E-state index contributed by atoms with van der Waals surface area (Å²) in [4.78, 5) is 25.1. The second-order valence-corrected chi connectivity index (χ2v) is 5.35. The quantitative estimate of drug-likeness (QED) is 0.619. The lowest BCUT2D eigenvalue weighted by atomic mass is 10.0. The Morgan fingerprint density at radius 3 is 2.57 bits per heavy atom. The highest BCUT2D eigenvalue weighted by molar-refractivity contribution is 6.07. The third-order valence-electron chi connectivity index (χ3n) is 3.26. The van der Waals surface area contributed by atoms with Gasteiger partial charge in [0, 0.05) is 31.9 Å². The number of carbonyl (C=O) groups is 2. The Balaban J connectivity index is 3.03. The Hall–Kier alpha value is -2.65. The first-order valence-corrected chi connectivity index (χ1v) is 7.40. The molecule has 1 aromatic carbocycles. The number of nitrogens with zero attached hydrogens (tertiary/aromatic N) is 2. The van der Waals surface area contributed by atoms with Crippen molar-refractivity contribution in [2.45, 2.75) is 26.7 Å². The normalized spacial score (nSPS) is 11.0. The molecule has 0 atom stereocenters. The van der Waals surface area contributed by atoms with Gasteiger partial charge in [-0.15, -0.1) is 0 Å². The number of para-hydroxylation sites is 1. The van der Waals surface area contributed by atoms with Gasteiger partial charge in [-0.3, -0.25) is 9.59 Å². The molecule has 0 saturated heterocycles. The zero-order valence-corrected chi connectivity index (χ0v) is 13.7. The molecule has 1 rings (SSSR count). The van der Waals surface area contributed by atoms with Crippen molar-refractivity contribution in [1.82, 2.24) is 4.90 Å². The summed E-state index contributed by atoms with van der Waals surface area (Å²) in [5.74, 6) is -0.602. The summed E-state index contributed by atoms with van der Waals surface area (Å²) in [5.41, 5.74) is 6.91. The molecule has 0 aliphatic rings. The predicted octanol–water partition coefficient (Wildman–Crippen LogP) is 1.96. The molecule has 0 unspecified atom stereocenters. The van der Waals surface area contributed by atoms with Crippen LogP contribution in [0.2, 0.25) is 0 Å². The molecule has 0 radical (unpaired) electrons. The fourth-order valence-corrected chi connectivity index (χ4v) is 2.05. The molecule has 0 fully saturated rings. The third-order valence-corrected chi connectivity index (χ3v) is 3.26. The standard InChI is InChI=1S/C17H22N4O2/c1-12(2)15-6-4-5-7-16(15)20-17(23)14(10-19)11-21(9-8-18)13(3)22/h4-7,11-12H,8-9,18H2,1-3H3,(H,20,23)/b14-11-. The molecule has 122 valence electrons. The van der Waals surface area contributed by atoms with Crippen LogP contribution in [-0.2, 0) is 9.59 Å². The summed E-state index contributed by atoms with van der Waals surface area (Å²) in [6.45, 7) is 5.88. The number of nitriles is 1. The van der Waals surface area contributed by atoms with Gasteiger partial charge in [-0.2, -0.15) is 5.26 Å². The molecule has 0 spiro atoms.